The molecule has 1 saturated heterocycles. The molecular formula is C12H26N2OS. The summed E-state index contributed by atoms with van der Waals surface area (Å²) >= 11 is 2.07. The molecule has 1 aliphatic rings. The monoisotopic (exact) mass is 246 g/mol. The van der Waals surface area contributed by atoms with E-state index in [-0.39, 0.29) is 0 Å². The minimum Gasteiger partial charge on any atom is -0.383 e. The third-order valence-electron chi connectivity index (χ3n) is 3.05. The average molecular weight is 246 g/mol. The second-order valence-electron chi connectivity index (χ2n) is 4.48. The summed E-state index contributed by atoms with van der Waals surface area (Å²) in [5, 5.41) is 3.51. The number of ether oxygens (including phenoxy) is 1. The van der Waals surface area contributed by atoms with Crippen molar-refractivity contribution in [1.82, 2.24) is 10.2 Å². The van der Waals surface area contributed by atoms with Crippen LogP contribution in [0.2, 0.25) is 0 Å². The van der Waals surface area contributed by atoms with Crippen LogP contribution in [0.25, 0.3) is 0 Å². The maximum Gasteiger partial charge on any atom is 0.0630 e. The fourth-order valence-corrected chi connectivity index (χ4v) is 3.23. The molecule has 1 N–H and O–H groups in total. The van der Waals surface area contributed by atoms with Gasteiger partial charge in [0.2, 0.25) is 0 Å². The van der Waals surface area contributed by atoms with Gasteiger partial charge in [0.1, 0.15) is 0 Å². The molecule has 4 heteroatoms. The summed E-state index contributed by atoms with van der Waals surface area (Å²) in [4.78, 5) is 2.60. The van der Waals surface area contributed by atoms with Gasteiger partial charge in [0.15, 0.2) is 0 Å². The molecule has 0 saturated carbocycles. The maximum atomic E-state index is 5.35. The Labute approximate surface area is 104 Å². The van der Waals surface area contributed by atoms with Gasteiger partial charge in [-0.1, -0.05) is 6.92 Å². The van der Waals surface area contributed by atoms with Crippen LogP contribution >= 0.6 is 11.8 Å². The fraction of sp³-hybridized carbons (Fsp3) is 1.00. The summed E-state index contributed by atoms with van der Waals surface area (Å²) in [6, 6.07) is 1.22. The highest BCUT2D eigenvalue weighted by atomic mass is 32.2. The first kappa shape index (κ1) is 14.3. The molecule has 1 aliphatic heterocycles. The number of hydrogen-bond donors (Lipinski definition) is 1. The van der Waals surface area contributed by atoms with Crippen LogP contribution in [0.5, 0.6) is 0 Å². The lowest BCUT2D eigenvalue weighted by Gasteiger charge is -2.39. The van der Waals surface area contributed by atoms with Crippen molar-refractivity contribution in [3.8, 4) is 0 Å². The van der Waals surface area contributed by atoms with E-state index in [9.17, 15) is 0 Å². The highest BCUT2D eigenvalue weighted by molar-refractivity contribution is 7.99. The highest BCUT2D eigenvalue weighted by Crippen LogP contribution is 2.18. The summed E-state index contributed by atoms with van der Waals surface area (Å²) < 4.78 is 5.35. The van der Waals surface area contributed by atoms with Crippen molar-refractivity contribution in [3.63, 3.8) is 0 Å². The van der Waals surface area contributed by atoms with Crippen molar-refractivity contribution < 1.29 is 4.74 Å². The maximum absolute atomic E-state index is 5.35. The number of thioether (sulfide) groups is 1. The first-order chi connectivity index (χ1) is 7.79. The molecule has 1 fully saturated rings. The van der Waals surface area contributed by atoms with Crippen LogP contribution in [-0.4, -0.2) is 61.8 Å². The zero-order valence-corrected chi connectivity index (χ0v) is 11.7. The molecule has 96 valence electrons. The van der Waals surface area contributed by atoms with Crippen molar-refractivity contribution >= 4 is 11.8 Å². The summed E-state index contributed by atoms with van der Waals surface area (Å²) in [7, 11) is 1.80. The van der Waals surface area contributed by atoms with Gasteiger partial charge in [-0.05, 0) is 19.9 Å². The van der Waals surface area contributed by atoms with Gasteiger partial charge in [-0.2, -0.15) is 11.8 Å². The number of methoxy groups -OCH3 is 1. The van der Waals surface area contributed by atoms with Crippen LogP contribution in [0, 0.1) is 0 Å². The molecule has 0 aliphatic carbocycles. The van der Waals surface area contributed by atoms with Crippen molar-refractivity contribution in [2.24, 2.45) is 0 Å². The second-order valence-corrected chi connectivity index (χ2v) is 5.62. The Kier molecular flexibility index (Phi) is 7.45. The minimum absolute atomic E-state index is 0.535. The summed E-state index contributed by atoms with van der Waals surface area (Å²) in [5.74, 6) is 2.52. The quantitative estimate of drug-likeness (QED) is 0.687. The Morgan fingerprint density at radius 1 is 1.56 bits per heavy atom. The average Bonchev–Trinajstić information content (AvgIpc) is 2.29. The molecule has 0 amide bonds. The van der Waals surface area contributed by atoms with E-state index in [0.29, 0.717) is 12.1 Å². The van der Waals surface area contributed by atoms with E-state index in [0.717, 1.165) is 19.7 Å². The van der Waals surface area contributed by atoms with E-state index < -0.39 is 0 Å². The molecule has 0 aromatic rings. The van der Waals surface area contributed by atoms with E-state index in [1.54, 1.807) is 7.11 Å². The first-order valence-electron chi connectivity index (χ1n) is 6.32. The number of nitrogens with zero attached hydrogens (tertiary/aromatic N) is 1. The van der Waals surface area contributed by atoms with Crippen LogP contribution in [-0.2, 0) is 4.74 Å². The summed E-state index contributed by atoms with van der Waals surface area (Å²) in [6.45, 7) is 8.74. The lowest BCUT2D eigenvalue weighted by Crippen LogP contribution is -2.52. The Balaban J connectivity index is 2.39. The molecule has 0 spiro atoms. The normalized spacial score (nSPS) is 24.6. The van der Waals surface area contributed by atoms with Gasteiger partial charge in [0, 0.05) is 43.8 Å². The molecule has 1 heterocycles. The standard InChI is InChI=1S/C12H26N2OS/c1-4-5-13-8-12(9-15-3)14-6-7-16-10-11(14)2/h11-13H,4-10H2,1-3H3. The van der Waals surface area contributed by atoms with Gasteiger partial charge >= 0.3 is 0 Å². The topological polar surface area (TPSA) is 24.5 Å². The van der Waals surface area contributed by atoms with Gasteiger partial charge in [0.25, 0.3) is 0 Å². The third kappa shape index (κ3) is 4.62. The number of rotatable bonds is 7. The predicted molar refractivity (Wildman–Crippen MR) is 72.3 cm³/mol. The van der Waals surface area contributed by atoms with E-state index in [2.05, 4.69) is 35.8 Å². The highest BCUT2D eigenvalue weighted by Gasteiger charge is 2.25. The van der Waals surface area contributed by atoms with Crippen molar-refractivity contribution in [3.05, 3.63) is 0 Å². The van der Waals surface area contributed by atoms with Gasteiger partial charge in [-0.15, -0.1) is 0 Å². The molecule has 0 bridgehead atoms. The van der Waals surface area contributed by atoms with Gasteiger partial charge in [-0.3, -0.25) is 4.90 Å². The number of nitrogens with one attached hydrogen (secondary N) is 1. The lowest BCUT2D eigenvalue weighted by molar-refractivity contribution is 0.0732. The zero-order valence-electron chi connectivity index (χ0n) is 10.9. The zero-order chi connectivity index (χ0) is 11.8. The summed E-state index contributed by atoms with van der Waals surface area (Å²) in [6.07, 6.45) is 1.20. The van der Waals surface area contributed by atoms with Crippen molar-refractivity contribution in [1.29, 1.82) is 0 Å². The SMILES string of the molecule is CCCNCC(COC)N1CCSCC1C. The van der Waals surface area contributed by atoms with Crippen LogP contribution in [0.1, 0.15) is 20.3 Å². The van der Waals surface area contributed by atoms with Crippen LogP contribution in [0.4, 0.5) is 0 Å². The fourth-order valence-electron chi connectivity index (χ4n) is 2.19. The van der Waals surface area contributed by atoms with Crippen molar-refractivity contribution in [2.75, 3.05) is 44.9 Å². The molecular weight excluding hydrogens is 220 g/mol. The Bertz CT molecular complexity index is 180. The predicted octanol–water partition coefficient (Wildman–Crippen LogP) is 1.44. The van der Waals surface area contributed by atoms with E-state index in [1.807, 2.05) is 0 Å². The van der Waals surface area contributed by atoms with E-state index in [4.69, 9.17) is 4.74 Å². The molecule has 3 nitrogen and oxygen atoms in total. The van der Waals surface area contributed by atoms with Crippen LogP contribution in [0.15, 0.2) is 0 Å². The molecule has 0 radical (unpaired) electrons. The van der Waals surface area contributed by atoms with Gasteiger partial charge in [-0.25, -0.2) is 0 Å². The van der Waals surface area contributed by atoms with Gasteiger partial charge in [0.05, 0.1) is 6.61 Å². The number of hydrogen-bond acceptors (Lipinski definition) is 4. The Hall–Kier alpha value is 0.230. The molecule has 2 atom stereocenters. The van der Waals surface area contributed by atoms with E-state index in [1.165, 1.54) is 24.5 Å². The molecule has 0 aromatic heterocycles. The molecule has 1 rings (SSSR count). The minimum atomic E-state index is 0.535. The second kappa shape index (κ2) is 8.34. The Morgan fingerprint density at radius 2 is 2.38 bits per heavy atom. The third-order valence-corrected chi connectivity index (χ3v) is 4.24. The van der Waals surface area contributed by atoms with Gasteiger partial charge < -0.3 is 10.1 Å². The largest absolute Gasteiger partial charge is 0.383 e. The molecule has 0 aromatic carbocycles. The smallest absolute Gasteiger partial charge is 0.0630 e. The molecule has 2 unspecified atom stereocenters. The van der Waals surface area contributed by atoms with E-state index >= 15 is 0 Å². The Morgan fingerprint density at radius 3 is 3.00 bits per heavy atom. The van der Waals surface area contributed by atoms with Crippen LogP contribution in [0.3, 0.4) is 0 Å². The van der Waals surface area contributed by atoms with Crippen LogP contribution < -0.4 is 5.32 Å². The molecule has 16 heavy (non-hydrogen) atoms. The van der Waals surface area contributed by atoms with Crippen molar-refractivity contribution in [2.45, 2.75) is 32.4 Å². The first-order valence-corrected chi connectivity index (χ1v) is 7.48. The lowest BCUT2D eigenvalue weighted by atomic mass is 10.2. The summed E-state index contributed by atoms with van der Waals surface area (Å²) in [5.41, 5.74) is 0.